The van der Waals surface area contributed by atoms with Gasteiger partial charge in [-0.1, -0.05) is 32.5 Å². The van der Waals surface area contributed by atoms with E-state index in [1.165, 1.54) is 16.8 Å². The first-order valence-corrected chi connectivity index (χ1v) is 5.83. The summed E-state index contributed by atoms with van der Waals surface area (Å²) in [4.78, 5) is 11.0. The molecule has 0 aromatic carbocycles. The van der Waals surface area contributed by atoms with Gasteiger partial charge in [0.1, 0.15) is 12.3 Å². The van der Waals surface area contributed by atoms with E-state index >= 15 is 0 Å². The van der Waals surface area contributed by atoms with E-state index in [2.05, 4.69) is 10.2 Å². The topological polar surface area (TPSA) is 71.0 Å². The van der Waals surface area contributed by atoms with E-state index in [1.54, 1.807) is 0 Å². The number of thioether (sulfide) groups is 1. The molecule has 6 heteroatoms. The van der Waals surface area contributed by atoms with E-state index in [9.17, 15) is 4.79 Å². The zero-order valence-corrected chi connectivity index (χ0v) is 10.2. The molecule has 2 N–H and O–H groups in total. The Hall–Kier alpha value is -0.880. The molecule has 0 aromatic heterocycles. The van der Waals surface area contributed by atoms with Gasteiger partial charge in [0, 0.05) is 5.41 Å². The molecule has 0 radical (unpaired) electrons. The molecule has 1 rings (SSSR count). The highest BCUT2D eigenvalue weighted by Gasteiger charge is 2.34. The second-order valence-electron chi connectivity index (χ2n) is 4.31. The summed E-state index contributed by atoms with van der Waals surface area (Å²) in [7, 11) is 0. The minimum Gasteiger partial charge on any atom is -0.301 e. The Morgan fingerprint density at radius 2 is 2.07 bits per heavy atom. The molecular formula is C9H16N4OS. The summed E-state index contributed by atoms with van der Waals surface area (Å²) < 4.78 is 0. The normalized spacial score (nSPS) is 22.2. The summed E-state index contributed by atoms with van der Waals surface area (Å²) in [6, 6.07) is -0.509. The average molecular weight is 228 g/mol. The Balaban J connectivity index is 3.11. The smallest absolute Gasteiger partial charge is 0.200 e. The van der Waals surface area contributed by atoms with Crippen molar-refractivity contribution >= 4 is 28.9 Å². The minimum absolute atomic E-state index is 0.212. The van der Waals surface area contributed by atoms with Gasteiger partial charge in [0.05, 0.1) is 5.71 Å². The van der Waals surface area contributed by atoms with Crippen LogP contribution in [0.5, 0.6) is 0 Å². The molecule has 0 aliphatic carbocycles. The molecule has 15 heavy (non-hydrogen) atoms. The summed E-state index contributed by atoms with van der Waals surface area (Å²) in [6.07, 6.45) is 2.65. The van der Waals surface area contributed by atoms with Crippen LogP contribution in [0.3, 0.4) is 0 Å². The predicted octanol–water partition coefficient (Wildman–Crippen LogP) is 0.864. The van der Waals surface area contributed by atoms with Crippen molar-refractivity contribution in [3.8, 4) is 0 Å². The number of aldehydes is 1. The van der Waals surface area contributed by atoms with Crippen LogP contribution in [-0.2, 0) is 4.79 Å². The summed E-state index contributed by atoms with van der Waals surface area (Å²) >= 11 is 1.37. The standard InChI is InChI=1S/C9H16N4OS/c1-9(2,3)7-6(5-14)13(10)8(15-4)12-11-7/h5-6H,10H2,1-4H3. The van der Waals surface area contributed by atoms with Gasteiger partial charge in [-0.25, -0.2) is 5.84 Å². The maximum atomic E-state index is 11.0. The Morgan fingerprint density at radius 3 is 2.47 bits per heavy atom. The van der Waals surface area contributed by atoms with Crippen LogP contribution in [-0.4, -0.2) is 34.5 Å². The van der Waals surface area contributed by atoms with Crippen molar-refractivity contribution in [3.05, 3.63) is 0 Å². The van der Waals surface area contributed by atoms with E-state index in [-0.39, 0.29) is 5.41 Å². The molecule has 5 nitrogen and oxygen atoms in total. The van der Waals surface area contributed by atoms with Gasteiger partial charge in [0.2, 0.25) is 5.17 Å². The maximum Gasteiger partial charge on any atom is 0.200 e. The molecule has 1 aliphatic rings. The molecule has 0 fully saturated rings. The number of hydrogen-bond acceptors (Lipinski definition) is 6. The van der Waals surface area contributed by atoms with Gasteiger partial charge in [0.15, 0.2) is 0 Å². The van der Waals surface area contributed by atoms with E-state index in [1.807, 2.05) is 27.0 Å². The highest BCUT2D eigenvalue weighted by molar-refractivity contribution is 8.13. The number of hydrogen-bond donors (Lipinski definition) is 1. The summed E-state index contributed by atoms with van der Waals surface area (Å²) in [5, 5.41) is 9.99. The number of rotatable bonds is 1. The SMILES string of the molecule is CSC1=NN=C(C(C)(C)C)C(C=O)N1N. The number of nitrogens with two attached hydrogens (primary N) is 1. The van der Waals surface area contributed by atoms with Crippen molar-refractivity contribution in [1.29, 1.82) is 0 Å². The molecule has 0 bridgehead atoms. The van der Waals surface area contributed by atoms with Crippen LogP contribution in [0.2, 0.25) is 0 Å². The molecule has 84 valence electrons. The van der Waals surface area contributed by atoms with Gasteiger partial charge in [-0.3, -0.25) is 5.01 Å². The number of amidine groups is 1. The van der Waals surface area contributed by atoms with Crippen LogP contribution in [0, 0.1) is 5.41 Å². The van der Waals surface area contributed by atoms with Gasteiger partial charge in [-0.2, -0.15) is 5.10 Å². The van der Waals surface area contributed by atoms with Crippen LogP contribution in [0.4, 0.5) is 0 Å². The molecule has 0 amide bonds. The lowest BCUT2D eigenvalue weighted by atomic mass is 9.85. The van der Waals surface area contributed by atoms with E-state index in [4.69, 9.17) is 5.84 Å². The van der Waals surface area contributed by atoms with Crippen LogP contribution in [0.25, 0.3) is 0 Å². The quantitative estimate of drug-likeness (QED) is 0.534. The van der Waals surface area contributed by atoms with Gasteiger partial charge >= 0.3 is 0 Å². The minimum atomic E-state index is -0.509. The first-order valence-electron chi connectivity index (χ1n) is 4.61. The van der Waals surface area contributed by atoms with Crippen molar-refractivity contribution in [2.75, 3.05) is 6.26 Å². The first-order chi connectivity index (χ1) is 6.91. The number of carbonyl (C=O) groups is 1. The molecule has 1 heterocycles. The van der Waals surface area contributed by atoms with E-state index in [0.717, 1.165) is 6.29 Å². The Kier molecular flexibility index (Phi) is 3.51. The lowest BCUT2D eigenvalue weighted by Gasteiger charge is -2.33. The third-order valence-corrected chi connectivity index (χ3v) is 2.78. The fourth-order valence-electron chi connectivity index (χ4n) is 1.33. The summed E-state index contributed by atoms with van der Waals surface area (Å²) in [5.41, 5.74) is 0.481. The van der Waals surface area contributed by atoms with Crippen molar-refractivity contribution < 1.29 is 4.79 Å². The second kappa shape index (κ2) is 4.32. The average Bonchev–Trinajstić information content (AvgIpc) is 2.15. The third kappa shape index (κ3) is 2.38. The Bertz CT molecular complexity index is 319. The highest BCUT2D eigenvalue weighted by Crippen LogP contribution is 2.24. The van der Waals surface area contributed by atoms with Crippen LogP contribution in [0.15, 0.2) is 10.2 Å². The van der Waals surface area contributed by atoms with Crippen LogP contribution >= 0.6 is 11.8 Å². The zero-order chi connectivity index (χ0) is 11.6. The second-order valence-corrected chi connectivity index (χ2v) is 5.08. The van der Waals surface area contributed by atoms with Crippen molar-refractivity contribution in [3.63, 3.8) is 0 Å². The first kappa shape index (κ1) is 12.2. The van der Waals surface area contributed by atoms with Crippen molar-refractivity contribution in [2.24, 2.45) is 21.5 Å². The molecule has 0 saturated heterocycles. The molecule has 1 aliphatic heterocycles. The van der Waals surface area contributed by atoms with Crippen LogP contribution in [0.1, 0.15) is 20.8 Å². The largest absolute Gasteiger partial charge is 0.301 e. The van der Waals surface area contributed by atoms with Crippen molar-refractivity contribution in [2.45, 2.75) is 26.8 Å². The molecule has 0 aromatic rings. The van der Waals surface area contributed by atoms with Gasteiger partial charge < -0.3 is 4.79 Å². The van der Waals surface area contributed by atoms with E-state index in [0.29, 0.717) is 10.9 Å². The predicted molar refractivity (Wildman–Crippen MR) is 63.7 cm³/mol. The summed E-state index contributed by atoms with van der Waals surface area (Å²) in [5.74, 6) is 5.80. The van der Waals surface area contributed by atoms with Gasteiger partial charge in [-0.15, -0.1) is 5.10 Å². The Morgan fingerprint density at radius 1 is 1.47 bits per heavy atom. The Labute approximate surface area is 93.8 Å². The molecular weight excluding hydrogens is 212 g/mol. The van der Waals surface area contributed by atoms with Gasteiger partial charge in [-0.05, 0) is 6.26 Å². The highest BCUT2D eigenvalue weighted by atomic mass is 32.2. The monoisotopic (exact) mass is 228 g/mol. The molecule has 0 saturated carbocycles. The lowest BCUT2D eigenvalue weighted by Crippen LogP contribution is -2.54. The molecule has 1 unspecified atom stereocenters. The van der Waals surface area contributed by atoms with Crippen LogP contribution < -0.4 is 5.84 Å². The number of carbonyl (C=O) groups excluding carboxylic acids is 1. The van der Waals surface area contributed by atoms with E-state index < -0.39 is 6.04 Å². The zero-order valence-electron chi connectivity index (χ0n) is 9.39. The fraction of sp³-hybridized carbons (Fsp3) is 0.667. The number of hydrazine groups is 1. The maximum absolute atomic E-state index is 11.0. The number of nitrogens with zero attached hydrogens (tertiary/aromatic N) is 3. The lowest BCUT2D eigenvalue weighted by molar-refractivity contribution is -0.109. The fourth-order valence-corrected chi connectivity index (χ4v) is 1.77. The van der Waals surface area contributed by atoms with Gasteiger partial charge in [0.25, 0.3) is 0 Å². The molecule has 1 atom stereocenters. The molecule has 0 spiro atoms. The van der Waals surface area contributed by atoms with Crippen molar-refractivity contribution in [1.82, 2.24) is 5.01 Å². The third-order valence-electron chi connectivity index (χ3n) is 2.12. The summed E-state index contributed by atoms with van der Waals surface area (Å²) in [6.45, 7) is 5.95.